The Kier molecular flexibility index (Phi) is 5.55. The fourth-order valence-electron chi connectivity index (χ4n) is 2.51. The van der Waals surface area contributed by atoms with Gasteiger partial charge in [-0.3, -0.25) is 5.32 Å². The summed E-state index contributed by atoms with van der Waals surface area (Å²) < 4.78 is 0. The third kappa shape index (κ3) is 4.71. The number of urea groups is 1. The van der Waals surface area contributed by atoms with Crippen LogP contribution in [0.4, 0.5) is 9.93 Å². The number of amides is 2. The fourth-order valence-corrected chi connectivity index (χ4v) is 3.31. The van der Waals surface area contributed by atoms with Crippen LogP contribution in [0.5, 0.6) is 0 Å². The molecule has 0 aliphatic rings. The molecule has 0 unspecified atom stereocenters. The second-order valence-corrected chi connectivity index (χ2v) is 8.25. The zero-order valence-corrected chi connectivity index (χ0v) is 16.7. The molecule has 1 atom stereocenters. The first kappa shape index (κ1) is 19.0. The van der Waals surface area contributed by atoms with Gasteiger partial charge in [-0.15, -0.1) is 10.2 Å². The predicted molar refractivity (Wildman–Crippen MR) is 108 cm³/mol. The molecule has 1 aromatic carbocycles. The van der Waals surface area contributed by atoms with E-state index in [1.807, 2.05) is 37.3 Å². The third-order valence-electron chi connectivity index (χ3n) is 4.01. The van der Waals surface area contributed by atoms with Crippen molar-refractivity contribution in [3.8, 4) is 11.3 Å². The van der Waals surface area contributed by atoms with Crippen LogP contribution >= 0.6 is 11.3 Å². The van der Waals surface area contributed by atoms with Gasteiger partial charge in [0.15, 0.2) is 0 Å². The highest BCUT2D eigenvalue weighted by Gasteiger charge is 2.21. The number of benzene rings is 1. The van der Waals surface area contributed by atoms with E-state index in [4.69, 9.17) is 0 Å². The van der Waals surface area contributed by atoms with E-state index < -0.39 is 0 Å². The largest absolute Gasteiger partial charge is 0.340 e. The summed E-state index contributed by atoms with van der Waals surface area (Å²) in [6, 6.07) is 9.41. The van der Waals surface area contributed by atoms with Crippen LogP contribution in [0.3, 0.4) is 0 Å². The van der Waals surface area contributed by atoms with Gasteiger partial charge in [0.1, 0.15) is 10.8 Å². The summed E-state index contributed by atoms with van der Waals surface area (Å²) in [5, 5.41) is 15.2. The Hall–Kier alpha value is -2.74. The van der Waals surface area contributed by atoms with Gasteiger partial charge in [0.05, 0.1) is 17.9 Å². The normalized spacial score (nSPS) is 12.6. The van der Waals surface area contributed by atoms with Crippen molar-refractivity contribution in [2.24, 2.45) is 0 Å². The van der Waals surface area contributed by atoms with Crippen molar-refractivity contribution in [1.82, 2.24) is 25.5 Å². The number of nitrogens with one attached hydrogen (secondary N) is 3. The number of nitrogens with zero attached hydrogens (tertiary/aromatic N) is 3. The van der Waals surface area contributed by atoms with E-state index in [0.29, 0.717) is 11.6 Å². The maximum atomic E-state index is 12.4. The second kappa shape index (κ2) is 7.87. The Morgan fingerprint density at radius 2 is 1.96 bits per heavy atom. The minimum Gasteiger partial charge on any atom is -0.340 e. The van der Waals surface area contributed by atoms with Gasteiger partial charge in [0.2, 0.25) is 5.13 Å². The van der Waals surface area contributed by atoms with Gasteiger partial charge in [-0.2, -0.15) is 0 Å². The molecule has 0 aliphatic carbocycles. The predicted octanol–water partition coefficient (Wildman–Crippen LogP) is 4.50. The van der Waals surface area contributed by atoms with E-state index in [1.165, 1.54) is 11.3 Å². The molecule has 2 aromatic heterocycles. The number of imidazole rings is 1. The van der Waals surface area contributed by atoms with Crippen LogP contribution < -0.4 is 10.6 Å². The lowest BCUT2D eigenvalue weighted by atomic mass is 9.98. The van der Waals surface area contributed by atoms with Crippen molar-refractivity contribution in [2.75, 3.05) is 5.32 Å². The minimum absolute atomic E-state index is 0.0952. The number of aromatic amines is 1. The molecule has 0 radical (unpaired) electrons. The van der Waals surface area contributed by atoms with Gasteiger partial charge in [-0.25, -0.2) is 9.78 Å². The Morgan fingerprint density at radius 1 is 1.22 bits per heavy atom. The molecule has 0 bridgehead atoms. The smallest absolute Gasteiger partial charge is 0.321 e. The summed E-state index contributed by atoms with van der Waals surface area (Å²) in [5.74, 6) is 0.721. The molecule has 8 heteroatoms. The van der Waals surface area contributed by atoms with Crippen LogP contribution in [-0.4, -0.2) is 26.2 Å². The highest BCUT2D eigenvalue weighted by molar-refractivity contribution is 7.15. The van der Waals surface area contributed by atoms with Crippen LogP contribution in [0.25, 0.3) is 11.3 Å². The zero-order valence-electron chi connectivity index (χ0n) is 15.9. The lowest BCUT2D eigenvalue weighted by Gasteiger charge is -2.14. The van der Waals surface area contributed by atoms with E-state index in [9.17, 15) is 4.79 Å². The number of H-pyrrole nitrogens is 1. The number of hydrogen-bond acceptors (Lipinski definition) is 5. The standard InChI is InChI=1S/C19H24N6OS/c1-5-13(15-20-11-14(21-15)12-9-7-6-8-10-12)22-17(26)23-18-25-24-16(27-18)19(2,3)4/h6-11,13H,5H2,1-4H3,(H,20,21)(H2,22,23,25,26)/t13-/m0/s1. The van der Waals surface area contributed by atoms with Crippen LogP contribution in [0.15, 0.2) is 36.5 Å². The summed E-state index contributed by atoms with van der Waals surface area (Å²) in [7, 11) is 0. The Morgan fingerprint density at radius 3 is 2.59 bits per heavy atom. The van der Waals surface area contributed by atoms with Crippen LogP contribution in [0.1, 0.15) is 51.0 Å². The Bertz CT molecular complexity index is 896. The monoisotopic (exact) mass is 384 g/mol. The molecule has 142 valence electrons. The zero-order chi connectivity index (χ0) is 19.4. The number of aromatic nitrogens is 4. The average molecular weight is 385 g/mol. The van der Waals surface area contributed by atoms with Crippen molar-refractivity contribution in [2.45, 2.75) is 45.6 Å². The molecule has 0 fully saturated rings. The van der Waals surface area contributed by atoms with Gasteiger partial charge < -0.3 is 10.3 Å². The quantitative estimate of drug-likeness (QED) is 0.603. The molecule has 3 N–H and O–H groups in total. The maximum Gasteiger partial charge on any atom is 0.321 e. The molecule has 0 spiro atoms. The number of carbonyl (C=O) groups is 1. The van der Waals surface area contributed by atoms with Crippen LogP contribution in [0, 0.1) is 0 Å². The molecule has 3 rings (SSSR count). The van der Waals surface area contributed by atoms with Gasteiger partial charge in [0.25, 0.3) is 0 Å². The number of rotatable bonds is 5. The SMILES string of the molecule is CC[C@H](NC(=O)Nc1nnc(C(C)(C)C)s1)c1ncc(-c2ccccc2)[nH]1. The lowest BCUT2D eigenvalue weighted by molar-refractivity contribution is 0.247. The summed E-state index contributed by atoms with van der Waals surface area (Å²) >= 11 is 1.38. The number of hydrogen-bond donors (Lipinski definition) is 3. The van der Waals surface area contributed by atoms with E-state index in [2.05, 4.69) is 51.6 Å². The van der Waals surface area contributed by atoms with Gasteiger partial charge in [-0.1, -0.05) is 69.4 Å². The van der Waals surface area contributed by atoms with E-state index in [-0.39, 0.29) is 17.5 Å². The van der Waals surface area contributed by atoms with Crippen molar-refractivity contribution in [3.63, 3.8) is 0 Å². The summed E-state index contributed by atoms with van der Waals surface area (Å²) in [6.45, 7) is 8.18. The third-order valence-corrected chi connectivity index (χ3v) is 5.28. The Labute approximate surface area is 162 Å². The topological polar surface area (TPSA) is 95.6 Å². The van der Waals surface area contributed by atoms with E-state index in [0.717, 1.165) is 22.1 Å². The molecule has 27 heavy (non-hydrogen) atoms. The first-order valence-electron chi connectivity index (χ1n) is 8.88. The first-order chi connectivity index (χ1) is 12.9. The highest BCUT2D eigenvalue weighted by Crippen LogP contribution is 2.27. The lowest BCUT2D eigenvalue weighted by Crippen LogP contribution is -2.32. The number of carbonyl (C=O) groups excluding carboxylic acids is 1. The molecular weight excluding hydrogens is 360 g/mol. The van der Waals surface area contributed by atoms with Gasteiger partial charge in [-0.05, 0) is 12.0 Å². The summed E-state index contributed by atoms with van der Waals surface area (Å²) in [4.78, 5) is 20.1. The molecule has 2 amide bonds. The first-order valence-corrected chi connectivity index (χ1v) is 9.70. The molecule has 0 saturated carbocycles. The number of anilines is 1. The molecular formula is C19H24N6OS. The molecule has 0 saturated heterocycles. The van der Waals surface area contributed by atoms with Crippen molar-refractivity contribution in [3.05, 3.63) is 47.4 Å². The van der Waals surface area contributed by atoms with Crippen molar-refractivity contribution in [1.29, 1.82) is 0 Å². The summed E-state index contributed by atoms with van der Waals surface area (Å²) in [6.07, 6.45) is 2.49. The van der Waals surface area contributed by atoms with Crippen molar-refractivity contribution < 1.29 is 4.79 Å². The van der Waals surface area contributed by atoms with Crippen LogP contribution in [0.2, 0.25) is 0 Å². The highest BCUT2D eigenvalue weighted by atomic mass is 32.1. The molecule has 7 nitrogen and oxygen atoms in total. The maximum absolute atomic E-state index is 12.4. The molecule has 2 heterocycles. The summed E-state index contributed by atoms with van der Waals surface area (Å²) in [5.41, 5.74) is 1.88. The molecule has 3 aromatic rings. The van der Waals surface area contributed by atoms with E-state index in [1.54, 1.807) is 6.20 Å². The van der Waals surface area contributed by atoms with Crippen molar-refractivity contribution >= 4 is 22.5 Å². The fraction of sp³-hybridized carbons (Fsp3) is 0.368. The van der Waals surface area contributed by atoms with Gasteiger partial charge >= 0.3 is 6.03 Å². The molecule has 0 aliphatic heterocycles. The Balaban J connectivity index is 1.65. The average Bonchev–Trinajstić information content (AvgIpc) is 3.30. The van der Waals surface area contributed by atoms with Crippen LogP contribution in [-0.2, 0) is 5.41 Å². The minimum atomic E-state index is -0.323. The second-order valence-electron chi connectivity index (χ2n) is 7.27. The van der Waals surface area contributed by atoms with E-state index >= 15 is 0 Å². The van der Waals surface area contributed by atoms with Gasteiger partial charge in [0, 0.05) is 5.41 Å².